The molecule has 0 aliphatic heterocycles. The molecule has 0 saturated carbocycles. The average Bonchev–Trinajstić information content (AvgIpc) is 2.16. The Labute approximate surface area is 95.4 Å². The summed E-state index contributed by atoms with van der Waals surface area (Å²) in [5.41, 5.74) is 9.97. The minimum Gasteiger partial charge on any atom is -0.480 e. The fourth-order valence-corrected chi connectivity index (χ4v) is 0.408. The van der Waals surface area contributed by atoms with E-state index in [-0.39, 0.29) is 30.8 Å². The highest BCUT2D eigenvalue weighted by molar-refractivity contribution is 5.85. The Hall–Kier alpha value is -0.850. The summed E-state index contributed by atoms with van der Waals surface area (Å²) in [6.07, 6.45) is 0. The molecule has 92 valence electrons. The van der Waals surface area contributed by atoms with Gasteiger partial charge in [-0.25, -0.2) is 0 Å². The number of nitrogens with two attached hydrogens (primary N) is 2. The van der Waals surface area contributed by atoms with Gasteiger partial charge in [0.2, 0.25) is 0 Å². The molecule has 0 rings (SSSR count). The first-order chi connectivity index (χ1) is 6.36. The highest BCUT2D eigenvalue weighted by atomic mass is 35.5. The molecular formula is C8H19ClN2O4. The summed E-state index contributed by atoms with van der Waals surface area (Å²) in [7, 11) is 1.34. The summed E-state index contributed by atoms with van der Waals surface area (Å²) >= 11 is 0. The molecular weight excluding hydrogens is 224 g/mol. The number of esters is 1. The molecule has 1 atom stereocenters. The van der Waals surface area contributed by atoms with E-state index in [4.69, 9.17) is 10.8 Å². The van der Waals surface area contributed by atoms with Gasteiger partial charge in [-0.15, -0.1) is 12.4 Å². The number of hydrogen-bond acceptors (Lipinski definition) is 5. The van der Waals surface area contributed by atoms with Crippen LogP contribution < -0.4 is 11.5 Å². The highest BCUT2D eigenvalue weighted by Gasteiger charge is 2.16. The van der Waals surface area contributed by atoms with Crippen molar-refractivity contribution in [2.75, 3.05) is 13.7 Å². The molecule has 15 heavy (non-hydrogen) atoms. The van der Waals surface area contributed by atoms with E-state index in [9.17, 15) is 9.59 Å². The lowest BCUT2D eigenvalue weighted by Gasteiger charge is -2.11. The van der Waals surface area contributed by atoms with Crippen LogP contribution in [-0.2, 0) is 14.3 Å². The van der Waals surface area contributed by atoms with Gasteiger partial charge in [-0.3, -0.25) is 9.59 Å². The van der Waals surface area contributed by atoms with Crippen LogP contribution in [0.4, 0.5) is 0 Å². The Kier molecular flexibility index (Phi) is 14.7. The number of carboxylic acids is 1. The summed E-state index contributed by atoms with van der Waals surface area (Å²) in [5, 5.41) is 7.60. The number of methoxy groups -OCH3 is 1. The normalized spacial score (nSPS) is 10.5. The van der Waals surface area contributed by atoms with E-state index in [0.29, 0.717) is 0 Å². The average molecular weight is 243 g/mol. The molecule has 0 saturated heterocycles. The van der Waals surface area contributed by atoms with Crippen molar-refractivity contribution in [2.24, 2.45) is 17.4 Å². The van der Waals surface area contributed by atoms with Gasteiger partial charge in [-0.05, 0) is 5.92 Å². The molecule has 0 fully saturated rings. The molecule has 0 aliphatic rings. The monoisotopic (exact) mass is 242 g/mol. The van der Waals surface area contributed by atoms with Crippen LogP contribution in [0.1, 0.15) is 13.8 Å². The molecule has 0 aliphatic carbocycles. The van der Waals surface area contributed by atoms with Gasteiger partial charge >= 0.3 is 11.9 Å². The van der Waals surface area contributed by atoms with Crippen LogP contribution in [0.5, 0.6) is 0 Å². The van der Waals surface area contributed by atoms with E-state index in [1.165, 1.54) is 7.11 Å². The summed E-state index contributed by atoms with van der Waals surface area (Å²) in [6, 6.07) is -0.477. The Bertz CT molecular complexity index is 187. The van der Waals surface area contributed by atoms with Crippen LogP contribution in [0.25, 0.3) is 0 Å². The molecule has 6 nitrogen and oxygen atoms in total. The van der Waals surface area contributed by atoms with Crippen molar-refractivity contribution in [2.45, 2.75) is 19.9 Å². The second-order valence-corrected chi connectivity index (χ2v) is 2.89. The Morgan fingerprint density at radius 2 is 1.73 bits per heavy atom. The SMILES string of the molecule is COC(=O)C(N)C(C)C.Cl.NCC(=O)O. The van der Waals surface area contributed by atoms with Crippen molar-refractivity contribution < 1.29 is 19.4 Å². The van der Waals surface area contributed by atoms with Crippen LogP contribution in [0.15, 0.2) is 0 Å². The lowest BCUT2D eigenvalue weighted by Crippen LogP contribution is -2.36. The molecule has 1 unspecified atom stereocenters. The molecule has 0 aromatic heterocycles. The third kappa shape index (κ3) is 13.2. The predicted molar refractivity (Wildman–Crippen MR) is 58.8 cm³/mol. The van der Waals surface area contributed by atoms with Crippen molar-refractivity contribution in [3.63, 3.8) is 0 Å². The van der Waals surface area contributed by atoms with Gasteiger partial charge < -0.3 is 21.3 Å². The van der Waals surface area contributed by atoms with Crippen LogP contribution in [0, 0.1) is 5.92 Å². The number of aliphatic carboxylic acids is 1. The first-order valence-corrected chi connectivity index (χ1v) is 4.12. The smallest absolute Gasteiger partial charge is 0.322 e. The topological polar surface area (TPSA) is 116 Å². The number of carbonyl (C=O) groups excluding carboxylic acids is 1. The Morgan fingerprint density at radius 1 is 1.40 bits per heavy atom. The molecule has 0 aromatic carbocycles. The molecule has 5 N–H and O–H groups in total. The minimum absolute atomic E-state index is 0. The van der Waals surface area contributed by atoms with Crippen LogP contribution in [-0.4, -0.2) is 36.7 Å². The number of ether oxygens (including phenoxy) is 1. The van der Waals surface area contributed by atoms with Gasteiger partial charge in [0, 0.05) is 0 Å². The molecule has 0 amide bonds. The molecule has 0 aromatic rings. The van der Waals surface area contributed by atoms with Gasteiger partial charge in [0.05, 0.1) is 13.7 Å². The quantitative estimate of drug-likeness (QED) is 0.580. The maximum absolute atomic E-state index is 10.6. The highest BCUT2D eigenvalue weighted by Crippen LogP contribution is 1.98. The minimum atomic E-state index is -0.968. The molecule has 0 radical (unpaired) electrons. The number of rotatable bonds is 3. The van der Waals surface area contributed by atoms with Crippen molar-refractivity contribution in [3.05, 3.63) is 0 Å². The van der Waals surface area contributed by atoms with E-state index < -0.39 is 12.0 Å². The lowest BCUT2D eigenvalue weighted by atomic mass is 10.1. The third-order valence-corrected chi connectivity index (χ3v) is 1.37. The zero-order chi connectivity index (χ0) is 11.7. The number of hydrogen-bond donors (Lipinski definition) is 3. The summed E-state index contributed by atoms with van der Waals surface area (Å²) < 4.78 is 4.41. The number of carbonyl (C=O) groups is 2. The van der Waals surface area contributed by atoms with Crippen molar-refractivity contribution in [1.82, 2.24) is 0 Å². The number of halogens is 1. The maximum atomic E-state index is 10.6. The standard InChI is InChI=1S/C6H13NO2.C2H5NO2.ClH/c1-4(2)5(7)6(8)9-3;3-1-2(4)5;/h4-5H,7H2,1-3H3;1,3H2,(H,4,5);1H. The first-order valence-electron chi connectivity index (χ1n) is 4.12. The number of carboxylic acid groups (broad SMARTS) is 1. The first kappa shape index (κ1) is 19.7. The van der Waals surface area contributed by atoms with Crippen LogP contribution in [0.2, 0.25) is 0 Å². The maximum Gasteiger partial charge on any atom is 0.322 e. The summed E-state index contributed by atoms with van der Waals surface area (Å²) in [4.78, 5) is 19.8. The Balaban J connectivity index is -0.000000208. The van der Waals surface area contributed by atoms with Gasteiger partial charge in [-0.1, -0.05) is 13.8 Å². The zero-order valence-corrected chi connectivity index (χ0v) is 9.91. The molecule has 0 heterocycles. The Morgan fingerprint density at radius 3 is 1.80 bits per heavy atom. The van der Waals surface area contributed by atoms with Gasteiger partial charge in [0.25, 0.3) is 0 Å². The van der Waals surface area contributed by atoms with E-state index in [1.807, 2.05) is 13.8 Å². The van der Waals surface area contributed by atoms with Crippen LogP contribution >= 0.6 is 12.4 Å². The fourth-order valence-electron chi connectivity index (χ4n) is 0.408. The second-order valence-electron chi connectivity index (χ2n) is 2.89. The van der Waals surface area contributed by atoms with Crippen molar-refractivity contribution >= 4 is 24.3 Å². The summed E-state index contributed by atoms with van der Waals surface area (Å²) in [5.74, 6) is -1.16. The second kappa shape index (κ2) is 11.2. The summed E-state index contributed by atoms with van der Waals surface area (Å²) in [6.45, 7) is 3.48. The van der Waals surface area contributed by atoms with Crippen molar-refractivity contribution in [1.29, 1.82) is 0 Å². The van der Waals surface area contributed by atoms with Gasteiger partial charge in [-0.2, -0.15) is 0 Å². The lowest BCUT2D eigenvalue weighted by molar-refractivity contribution is -0.143. The zero-order valence-electron chi connectivity index (χ0n) is 9.10. The van der Waals surface area contributed by atoms with E-state index in [1.54, 1.807) is 0 Å². The predicted octanol–water partition coefficient (Wildman–Crippen LogP) is -0.406. The molecule has 0 bridgehead atoms. The third-order valence-electron chi connectivity index (χ3n) is 1.37. The fraction of sp³-hybridized carbons (Fsp3) is 0.750. The van der Waals surface area contributed by atoms with E-state index in [0.717, 1.165) is 0 Å². The van der Waals surface area contributed by atoms with Gasteiger partial charge in [0.1, 0.15) is 6.04 Å². The molecule has 0 spiro atoms. The van der Waals surface area contributed by atoms with E-state index >= 15 is 0 Å². The largest absolute Gasteiger partial charge is 0.480 e. The molecule has 7 heteroatoms. The van der Waals surface area contributed by atoms with Crippen molar-refractivity contribution in [3.8, 4) is 0 Å². The van der Waals surface area contributed by atoms with E-state index in [2.05, 4.69) is 10.5 Å². The van der Waals surface area contributed by atoms with Crippen LogP contribution in [0.3, 0.4) is 0 Å². The van der Waals surface area contributed by atoms with Gasteiger partial charge in [0.15, 0.2) is 0 Å².